The number of carbonyl (C=O) groups excluding carboxylic acids is 1. The van der Waals surface area contributed by atoms with E-state index < -0.39 is 16.9 Å². The van der Waals surface area contributed by atoms with E-state index in [0.717, 1.165) is 16.7 Å². The summed E-state index contributed by atoms with van der Waals surface area (Å²) in [4.78, 5) is 13.1. The van der Waals surface area contributed by atoms with Gasteiger partial charge in [-0.25, -0.2) is 0 Å². The minimum absolute atomic E-state index is 0.415. The maximum absolute atomic E-state index is 13.1. The first-order chi connectivity index (χ1) is 13.1. The first-order valence-corrected chi connectivity index (χ1v) is 9.15. The maximum atomic E-state index is 13.1. The molecule has 3 aromatic carbocycles. The van der Waals surface area contributed by atoms with Crippen molar-refractivity contribution in [1.82, 2.24) is 0 Å². The number of nitrogens with two attached hydrogens (primary N) is 1. The van der Waals surface area contributed by atoms with Crippen LogP contribution in [0.15, 0.2) is 91.0 Å². The molecule has 3 heteroatoms. The molecule has 2 N–H and O–H groups in total. The second-order valence-electron chi connectivity index (χ2n) is 6.66. The van der Waals surface area contributed by atoms with E-state index in [1.807, 2.05) is 97.9 Å². The van der Waals surface area contributed by atoms with Crippen molar-refractivity contribution in [2.24, 2.45) is 5.73 Å². The van der Waals surface area contributed by atoms with Crippen LogP contribution in [0.25, 0.3) is 0 Å². The summed E-state index contributed by atoms with van der Waals surface area (Å²) in [5.74, 6) is -0.429. The van der Waals surface area contributed by atoms with Crippen molar-refractivity contribution in [3.63, 3.8) is 0 Å². The molecule has 3 rings (SSSR count). The normalized spacial score (nSPS) is 13.6. The molecule has 0 amide bonds. The van der Waals surface area contributed by atoms with Crippen molar-refractivity contribution in [3.8, 4) is 0 Å². The van der Waals surface area contributed by atoms with Gasteiger partial charge in [-0.3, -0.25) is 4.79 Å². The Labute approximate surface area is 160 Å². The molecule has 0 aromatic heterocycles. The molecular weight excluding hydrogens is 334 g/mol. The van der Waals surface area contributed by atoms with Crippen molar-refractivity contribution >= 4 is 5.97 Å². The van der Waals surface area contributed by atoms with Gasteiger partial charge in [0.2, 0.25) is 0 Å². The van der Waals surface area contributed by atoms with Gasteiger partial charge in [-0.1, -0.05) is 97.9 Å². The van der Waals surface area contributed by atoms with E-state index >= 15 is 0 Å². The Morgan fingerprint density at radius 1 is 0.778 bits per heavy atom. The third-order valence-electron chi connectivity index (χ3n) is 5.40. The molecule has 0 aliphatic carbocycles. The van der Waals surface area contributed by atoms with Crippen molar-refractivity contribution in [1.29, 1.82) is 0 Å². The third-order valence-corrected chi connectivity index (χ3v) is 5.40. The molecule has 0 aliphatic rings. The molecule has 0 fully saturated rings. The lowest BCUT2D eigenvalue weighted by Gasteiger charge is -2.47. The Hall–Kier alpha value is -2.91. The van der Waals surface area contributed by atoms with Crippen molar-refractivity contribution in [2.75, 3.05) is 7.11 Å². The molecule has 0 heterocycles. The van der Waals surface area contributed by atoms with E-state index in [1.54, 1.807) is 0 Å². The molecule has 3 aromatic rings. The molecule has 0 saturated heterocycles. The van der Waals surface area contributed by atoms with Crippen LogP contribution < -0.4 is 5.73 Å². The summed E-state index contributed by atoms with van der Waals surface area (Å²) >= 11 is 0. The van der Waals surface area contributed by atoms with Crippen LogP contribution >= 0.6 is 0 Å². The van der Waals surface area contributed by atoms with E-state index in [-0.39, 0.29) is 0 Å². The van der Waals surface area contributed by atoms with Crippen LogP contribution in [0.2, 0.25) is 0 Å². The van der Waals surface area contributed by atoms with Gasteiger partial charge in [0.15, 0.2) is 0 Å². The molecule has 27 heavy (non-hydrogen) atoms. The Morgan fingerprint density at radius 3 is 1.37 bits per heavy atom. The summed E-state index contributed by atoms with van der Waals surface area (Å²) in [6.45, 7) is 1.93. The number of benzene rings is 3. The van der Waals surface area contributed by atoms with Gasteiger partial charge in [0.05, 0.1) is 12.5 Å². The van der Waals surface area contributed by atoms with Crippen LogP contribution in [0.4, 0.5) is 0 Å². The average Bonchev–Trinajstić information content (AvgIpc) is 2.75. The van der Waals surface area contributed by atoms with Crippen LogP contribution in [0.3, 0.4) is 0 Å². The third kappa shape index (κ3) is 2.94. The standard InChI is InChI=1S/C24H25NO2/c1-3-23(25,22(26)27-2)24(19-13-7-4-8-14-19,20-15-9-5-10-16-20)21-17-11-6-12-18-21/h4-18H,3,25H2,1-2H3. The smallest absolute Gasteiger partial charge is 0.327 e. The summed E-state index contributed by atoms with van der Waals surface area (Å²) in [6.07, 6.45) is 0.415. The van der Waals surface area contributed by atoms with E-state index in [1.165, 1.54) is 7.11 Å². The molecule has 0 spiro atoms. The summed E-state index contributed by atoms with van der Waals surface area (Å²) in [5, 5.41) is 0. The summed E-state index contributed by atoms with van der Waals surface area (Å²) < 4.78 is 5.21. The lowest BCUT2D eigenvalue weighted by molar-refractivity contribution is -0.149. The van der Waals surface area contributed by atoms with Gasteiger partial charge in [0.25, 0.3) is 0 Å². The maximum Gasteiger partial charge on any atom is 0.327 e. The highest BCUT2D eigenvalue weighted by atomic mass is 16.5. The number of carbonyl (C=O) groups is 1. The highest BCUT2D eigenvalue weighted by molar-refractivity contribution is 5.86. The minimum atomic E-state index is -1.29. The summed E-state index contributed by atoms with van der Waals surface area (Å²) in [6, 6.07) is 29.9. The second kappa shape index (κ2) is 7.77. The van der Waals surface area contributed by atoms with Gasteiger partial charge in [-0.2, -0.15) is 0 Å². The van der Waals surface area contributed by atoms with Gasteiger partial charge in [-0.15, -0.1) is 0 Å². The first-order valence-electron chi connectivity index (χ1n) is 9.15. The quantitative estimate of drug-likeness (QED) is 0.527. The van der Waals surface area contributed by atoms with E-state index in [0.29, 0.717) is 6.42 Å². The lowest BCUT2D eigenvalue weighted by Crippen LogP contribution is -2.64. The Balaban J connectivity index is 2.49. The molecule has 1 unspecified atom stereocenters. The summed E-state index contributed by atoms with van der Waals surface area (Å²) in [7, 11) is 1.39. The molecule has 0 radical (unpaired) electrons. The van der Waals surface area contributed by atoms with Crippen LogP contribution in [0, 0.1) is 0 Å². The van der Waals surface area contributed by atoms with Crippen LogP contribution in [-0.2, 0) is 14.9 Å². The number of esters is 1. The van der Waals surface area contributed by atoms with Gasteiger partial charge in [-0.05, 0) is 23.1 Å². The Kier molecular flexibility index (Phi) is 5.43. The number of ether oxygens (including phenoxy) is 1. The van der Waals surface area contributed by atoms with Gasteiger partial charge < -0.3 is 10.5 Å². The van der Waals surface area contributed by atoms with Crippen molar-refractivity contribution in [3.05, 3.63) is 108 Å². The van der Waals surface area contributed by atoms with Crippen LogP contribution in [0.5, 0.6) is 0 Å². The fourth-order valence-electron chi connectivity index (χ4n) is 4.08. The second-order valence-corrected chi connectivity index (χ2v) is 6.66. The zero-order valence-corrected chi connectivity index (χ0v) is 15.8. The molecule has 0 bridgehead atoms. The zero-order chi connectivity index (χ0) is 19.3. The number of hydrogen-bond donors (Lipinski definition) is 1. The minimum Gasteiger partial charge on any atom is -0.468 e. The topological polar surface area (TPSA) is 52.3 Å². The van der Waals surface area contributed by atoms with Gasteiger partial charge in [0.1, 0.15) is 5.54 Å². The molecule has 1 atom stereocenters. The van der Waals surface area contributed by atoms with Crippen molar-refractivity contribution in [2.45, 2.75) is 24.3 Å². The number of hydrogen-bond acceptors (Lipinski definition) is 3. The van der Waals surface area contributed by atoms with Crippen molar-refractivity contribution < 1.29 is 9.53 Å². The van der Waals surface area contributed by atoms with Gasteiger partial charge in [0, 0.05) is 0 Å². The van der Waals surface area contributed by atoms with Crippen LogP contribution in [0.1, 0.15) is 30.0 Å². The van der Waals surface area contributed by atoms with E-state index in [9.17, 15) is 4.79 Å². The van der Waals surface area contributed by atoms with E-state index in [4.69, 9.17) is 10.5 Å². The molecule has 3 nitrogen and oxygen atoms in total. The summed E-state index contributed by atoms with van der Waals surface area (Å²) in [5.41, 5.74) is 7.64. The number of methoxy groups -OCH3 is 1. The SMILES string of the molecule is CCC(N)(C(=O)OC)C(c1ccccc1)(c1ccccc1)c1ccccc1. The molecule has 0 saturated carbocycles. The largest absolute Gasteiger partial charge is 0.468 e. The molecular formula is C24H25NO2. The predicted molar refractivity (Wildman–Crippen MR) is 108 cm³/mol. The highest BCUT2D eigenvalue weighted by Gasteiger charge is 2.56. The monoisotopic (exact) mass is 359 g/mol. The fourth-order valence-corrected chi connectivity index (χ4v) is 4.08. The molecule has 138 valence electrons. The highest BCUT2D eigenvalue weighted by Crippen LogP contribution is 2.48. The molecule has 0 aliphatic heterocycles. The predicted octanol–water partition coefficient (Wildman–Crippen LogP) is 4.30. The number of rotatable bonds is 6. The Morgan fingerprint density at radius 2 is 1.11 bits per heavy atom. The fraction of sp³-hybridized carbons (Fsp3) is 0.208. The lowest BCUT2D eigenvalue weighted by atomic mass is 9.57. The Bertz CT molecular complexity index is 781. The average molecular weight is 359 g/mol. The van der Waals surface area contributed by atoms with Crippen LogP contribution in [-0.4, -0.2) is 18.6 Å². The zero-order valence-electron chi connectivity index (χ0n) is 15.8. The van der Waals surface area contributed by atoms with Gasteiger partial charge >= 0.3 is 5.97 Å². The van der Waals surface area contributed by atoms with E-state index in [2.05, 4.69) is 0 Å². The first kappa shape index (κ1) is 18.9.